The standard InChI is InChI=1S/C12H17ClN2/c1-2-14-8-12-11-4-3-10(13)7-9(11)5-6-15-12/h3-4,7,12,14-15H,2,5-6,8H2,1H3. The molecule has 1 aliphatic heterocycles. The maximum atomic E-state index is 5.99. The highest BCUT2D eigenvalue weighted by Gasteiger charge is 2.18. The smallest absolute Gasteiger partial charge is 0.0449 e. The quantitative estimate of drug-likeness (QED) is 0.822. The molecule has 2 rings (SSSR count). The molecule has 0 aromatic heterocycles. The molecule has 0 radical (unpaired) electrons. The predicted molar refractivity (Wildman–Crippen MR) is 64.4 cm³/mol. The Morgan fingerprint density at radius 1 is 1.53 bits per heavy atom. The zero-order valence-corrected chi connectivity index (χ0v) is 9.77. The molecule has 0 amide bonds. The minimum Gasteiger partial charge on any atom is -0.315 e. The van der Waals surface area contributed by atoms with E-state index in [-0.39, 0.29) is 0 Å². The van der Waals surface area contributed by atoms with Crippen molar-refractivity contribution in [3.63, 3.8) is 0 Å². The summed E-state index contributed by atoms with van der Waals surface area (Å²) >= 11 is 5.99. The van der Waals surface area contributed by atoms with E-state index < -0.39 is 0 Å². The third-order valence-corrected chi connectivity index (χ3v) is 3.10. The fourth-order valence-electron chi connectivity index (χ4n) is 2.09. The van der Waals surface area contributed by atoms with Gasteiger partial charge in [-0.2, -0.15) is 0 Å². The summed E-state index contributed by atoms with van der Waals surface area (Å²) in [5.41, 5.74) is 2.79. The van der Waals surface area contributed by atoms with Gasteiger partial charge in [-0.3, -0.25) is 0 Å². The first-order valence-corrected chi connectivity index (χ1v) is 5.91. The van der Waals surface area contributed by atoms with Crippen molar-refractivity contribution < 1.29 is 0 Å². The van der Waals surface area contributed by atoms with Crippen molar-refractivity contribution in [3.05, 3.63) is 34.3 Å². The van der Waals surface area contributed by atoms with E-state index in [1.165, 1.54) is 11.1 Å². The SMILES string of the molecule is CCNCC1NCCc2cc(Cl)ccc21. The average molecular weight is 225 g/mol. The summed E-state index contributed by atoms with van der Waals surface area (Å²) in [6, 6.07) is 6.65. The molecule has 1 aromatic carbocycles. The van der Waals surface area contributed by atoms with Crippen molar-refractivity contribution in [3.8, 4) is 0 Å². The maximum absolute atomic E-state index is 5.99. The van der Waals surface area contributed by atoms with Gasteiger partial charge < -0.3 is 10.6 Å². The number of likely N-dealkylation sites (N-methyl/N-ethyl adjacent to an activating group) is 1. The van der Waals surface area contributed by atoms with Crippen molar-refractivity contribution in [1.29, 1.82) is 0 Å². The van der Waals surface area contributed by atoms with E-state index in [0.29, 0.717) is 6.04 Å². The predicted octanol–water partition coefficient (Wildman–Crippen LogP) is 2.14. The monoisotopic (exact) mass is 224 g/mol. The van der Waals surface area contributed by atoms with Gasteiger partial charge in [-0.05, 0) is 42.8 Å². The topological polar surface area (TPSA) is 24.1 Å². The van der Waals surface area contributed by atoms with Gasteiger partial charge in [0, 0.05) is 17.6 Å². The van der Waals surface area contributed by atoms with Crippen LogP contribution in [0.4, 0.5) is 0 Å². The van der Waals surface area contributed by atoms with Crippen LogP contribution in [-0.2, 0) is 6.42 Å². The van der Waals surface area contributed by atoms with E-state index >= 15 is 0 Å². The summed E-state index contributed by atoms with van der Waals surface area (Å²) in [6.07, 6.45) is 1.08. The minimum absolute atomic E-state index is 0.436. The maximum Gasteiger partial charge on any atom is 0.0449 e. The van der Waals surface area contributed by atoms with Crippen LogP contribution in [0.3, 0.4) is 0 Å². The lowest BCUT2D eigenvalue weighted by Gasteiger charge is -2.27. The van der Waals surface area contributed by atoms with Gasteiger partial charge in [-0.15, -0.1) is 0 Å². The van der Waals surface area contributed by atoms with E-state index in [1.54, 1.807) is 0 Å². The molecule has 1 aromatic rings. The van der Waals surface area contributed by atoms with Crippen molar-refractivity contribution >= 4 is 11.6 Å². The molecule has 0 bridgehead atoms. The van der Waals surface area contributed by atoms with Crippen LogP contribution in [-0.4, -0.2) is 19.6 Å². The normalized spacial score (nSPS) is 20.0. The largest absolute Gasteiger partial charge is 0.315 e. The van der Waals surface area contributed by atoms with Crippen LogP contribution in [0.1, 0.15) is 24.1 Å². The van der Waals surface area contributed by atoms with Gasteiger partial charge in [0.15, 0.2) is 0 Å². The number of nitrogens with one attached hydrogen (secondary N) is 2. The Labute approximate surface area is 96.0 Å². The van der Waals surface area contributed by atoms with Crippen molar-refractivity contribution in [2.24, 2.45) is 0 Å². The van der Waals surface area contributed by atoms with Crippen LogP contribution >= 0.6 is 11.6 Å². The summed E-state index contributed by atoms with van der Waals surface area (Å²) in [6.45, 7) is 5.18. The second-order valence-electron chi connectivity index (χ2n) is 3.91. The summed E-state index contributed by atoms with van der Waals surface area (Å²) in [7, 11) is 0. The lowest BCUT2D eigenvalue weighted by molar-refractivity contribution is 0.474. The molecular formula is C12H17ClN2. The lowest BCUT2D eigenvalue weighted by Crippen LogP contribution is -2.36. The molecule has 1 heterocycles. The third kappa shape index (κ3) is 2.51. The van der Waals surface area contributed by atoms with Crippen molar-refractivity contribution in [2.75, 3.05) is 19.6 Å². The van der Waals surface area contributed by atoms with Crippen LogP contribution in [0, 0.1) is 0 Å². The van der Waals surface area contributed by atoms with E-state index in [0.717, 1.165) is 31.1 Å². The van der Waals surface area contributed by atoms with Gasteiger partial charge >= 0.3 is 0 Å². The first-order valence-electron chi connectivity index (χ1n) is 5.53. The third-order valence-electron chi connectivity index (χ3n) is 2.86. The summed E-state index contributed by atoms with van der Waals surface area (Å²) in [4.78, 5) is 0. The van der Waals surface area contributed by atoms with Crippen molar-refractivity contribution in [1.82, 2.24) is 10.6 Å². The molecule has 0 spiro atoms. The number of halogens is 1. The molecule has 0 saturated heterocycles. The fourth-order valence-corrected chi connectivity index (χ4v) is 2.29. The average Bonchev–Trinajstić information content (AvgIpc) is 2.25. The van der Waals surface area contributed by atoms with Gasteiger partial charge in [-0.25, -0.2) is 0 Å². The fraction of sp³-hybridized carbons (Fsp3) is 0.500. The first kappa shape index (κ1) is 10.9. The molecule has 1 atom stereocenters. The zero-order chi connectivity index (χ0) is 10.7. The Morgan fingerprint density at radius 3 is 3.20 bits per heavy atom. The van der Waals surface area contributed by atoms with Gasteiger partial charge in [0.05, 0.1) is 0 Å². The van der Waals surface area contributed by atoms with E-state index in [4.69, 9.17) is 11.6 Å². The molecule has 2 N–H and O–H groups in total. The highest BCUT2D eigenvalue weighted by atomic mass is 35.5. The number of hydrogen-bond acceptors (Lipinski definition) is 2. The number of fused-ring (bicyclic) bond motifs is 1. The van der Waals surface area contributed by atoms with Crippen molar-refractivity contribution in [2.45, 2.75) is 19.4 Å². The van der Waals surface area contributed by atoms with E-state index in [2.05, 4.69) is 29.7 Å². The van der Waals surface area contributed by atoms with E-state index in [9.17, 15) is 0 Å². The van der Waals surface area contributed by atoms with Gasteiger partial charge in [0.1, 0.15) is 0 Å². The van der Waals surface area contributed by atoms with E-state index in [1.807, 2.05) is 6.07 Å². The van der Waals surface area contributed by atoms with Gasteiger partial charge in [0.2, 0.25) is 0 Å². The van der Waals surface area contributed by atoms with Crippen LogP contribution in [0.5, 0.6) is 0 Å². The molecule has 1 aliphatic rings. The Kier molecular flexibility index (Phi) is 3.62. The molecule has 15 heavy (non-hydrogen) atoms. The number of benzene rings is 1. The molecule has 82 valence electrons. The number of hydrogen-bond donors (Lipinski definition) is 2. The lowest BCUT2D eigenvalue weighted by atomic mass is 9.94. The van der Waals surface area contributed by atoms with Crippen LogP contribution in [0.2, 0.25) is 5.02 Å². The molecule has 3 heteroatoms. The van der Waals surface area contributed by atoms with Gasteiger partial charge in [0.25, 0.3) is 0 Å². The highest BCUT2D eigenvalue weighted by molar-refractivity contribution is 6.30. The Morgan fingerprint density at radius 2 is 2.40 bits per heavy atom. The van der Waals surface area contributed by atoms with Crippen LogP contribution in [0.25, 0.3) is 0 Å². The first-order chi connectivity index (χ1) is 7.31. The molecular weight excluding hydrogens is 208 g/mol. The molecule has 0 aliphatic carbocycles. The molecule has 2 nitrogen and oxygen atoms in total. The highest BCUT2D eigenvalue weighted by Crippen LogP contribution is 2.25. The van der Waals surface area contributed by atoms with Crippen LogP contribution in [0.15, 0.2) is 18.2 Å². The Bertz CT molecular complexity index is 338. The molecule has 1 unspecified atom stereocenters. The zero-order valence-electron chi connectivity index (χ0n) is 9.02. The summed E-state index contributed by atoms with van der Waals surface area (Å²) in [5.74, 6) is 0. The summed E-state index contributed by atoms with van der Waals surface area (Å²) in [5, 5.41) is 7.75. The summed E-state index contributed by atoms with van der Waals surface area (Å²) < 4.78 is 0. The molecule has 0 saturated carbocycles. The Hall–Kier alpha value is -0.570. The minimum atomic E-state index is 0.436. The number of rotatable bonds is 3. The second-order valence-corrected chi connectivity index (χ2v) is 4.34. The molecule has 0 fully saturated rings. The van der Waals surface area contributed by atoms with Crippen LogP contribution < -0.4 is 10.6 Å². The Balaban J connectivity index is 2.18. The second kappa shape index (κ2) is 4.97. The van der Waals surface area contributed by atoms with Gasteiger partial charge in [-0.1, -0.05) is 24.6 Å².